The number of hydrogen-bond donors (Lipinski definition) is 1. The smallest absolute Gasteiger partial charge is 0.264 e. The predicted molar refractivity (Wildman–Crippen MR) is 144 cm³/mol. The van der Waals surface area contributed by atoms with Gasteiger partial charge in [0.2, 0.25) is 11.8 Å². The lowest BCUT2D eigenvalue weighted by molar-refractivity contribution is -0.139. The van der Waals surface area contributed by atoms with Gasteiger partial charge in [0.25, 0.3) is 10.0 Å². The van der Waals surface area contributed by atoms with Crippen LogP contribution in [0.3, 0.4) is 0 Å². The molecule has 3 rings (SSSR count). The van der Waals surface area contributed by atoms with Gasteiger partial charge in [0.1, 0.15) is 24.2 Å². The molecule has 8 nitrogen and oxygen atoms in total. The van der Waals surface area contributed by atoms with E-state index in [4.69, 9.17) is 16.3 Å². The fourth-order valence-electron chi connectivity index (χ4n) is 3.76. The maximum absolute atomic E-state index is 13.7. The summed E-state index contributed by atoms with van der Waals surface area (Å²) >= 11 is 6.10. The molecule has 0 aliphatic carbocycles. The van der Waals surface area contributed by atoms with E-state index in [1.807, 2.05) is 6.92 Å². The van der Waals surface area contributed by atoms with E-state index in [0.717, 1.165) is 16.4 Å². The van der Waals surface area contributed by atoms with E-state index in [2.05, 4.69) is 5.32 Å². The molecule has 0 radical (unpaired) electrons. The molecule has 0 aromatic heterocycles. The van der Waals surface area contributed by atoms with Crippen LogP contribution in [-0.4, -0.2) is 51.4 Å². The number of halogens is 2. The lowest BCUT2D eigenvalue weighted by atomic mass is 10.1. The van der Waals surface area contributed by atoms with E-state index < -0.39 is 40.2 Å². The van der Waals surface area contributed by atoms with E-state index in [1.165, 1.54) is 48.3 Å². The Morgan fingerprint density at radius 1 is 1.05 bits per heavy atom. The van der Waals surface area contributed by atoms with Crippen LogP contribution < -0.4 is 14.4 Å². The van der Waals surface area contributed by atoms with Gasteiger partial charge >= 0.3 is 0 Å². The quantitative estimate of drug-likeness (QED) is 0.378. The molecular weight excluding hydrogens is 533 g/mol. The summed E-state index contributed by atoms with van der Waals surface area (Å²) < 4.78 is 47.4. The zero-order chi connectivity index (χ0) is 27.9. The fraction of sp³-hybridized carbons (Fsp3) is 0.259. The summed E-state index contributed by atoms with van der Waals surface area (Å²) in [7, 11) is -2.83. The van der Waals surface area contributed by atoms with E-state index in [0.29, 0.717) is 22.9 Å². The molecule has 3 aromatic rings. The van der Waals surface area contributed by atoms with Gasteiger partial charge in [-0.05, 0) is 80.1 Å². The zero-order valence-corrected chi connectivity index (χ0v) is 22.8. The Kier molecular flexibility index (Phi) is 9.71. The van der Waals surface area contributed by atoms with Crippen LogP contribution in [0.1, 0.15) is 19.4 Å². The standard InChI is InChI=1S/C27H29ClFN3O5S/c1-4-37-24-12-14-25(15-13-24)38(35,36)32(23-10-8-22(29)9-11-23)18-26(33)31(19(2)27(34)30-3)17-20-6-5-7-21(28)16-20/h5-16,19H,4,17-18H2,1-3H3,(H,30,34). The van der Waals surface area contributed by atoms with Crippen LogP contribution in [0.15, 0.2) is 77.7 Å². The monoisotopic (exact) mass is 561 g/mol. The van der Waals surface area contributed by atoms with Gasteiger partial charge in [-0.3, -0.25) is 13.9 Å². The number of nitrogens with one attached hydrogen (secondary N) is 1. The molecule has 1 N–H and O–H groups in total. The molecule has 3 aromatic carbocycles. The molecule has 1 atom stereocenters. The average Bonchev–Trinajstić information content (AvgIpc) is 2.90. The largest absolute Gasteiger partial charge is 0.494 e. The minimum absolute atomic E-state index is 0.00827. The topological polar surface area (TPSA) is 96.0 Å². The van der Waals surface area contributed by atoms with Crippen molar-refractivity contribution in [3.63, 3.8) is 0 Å². The van der Waals surface area contributed by atoms with Crippen LogP contribution in [-0.2, 0) is 26.2 Å². The Morgan fingerprint density at radius 2 is 1.71 bits per heavy atom. The highest BCUT2D eigenvalue weighted by Crippen LogP contribution is 2.26. The SMILES string of the molecule is CCOc1ccc(S(=O)(=O)N(CC(=O)N(Cc2cccc(Cl)c2)C(C)C(=O)NC)c2ccc(F)cc2)cc1. The molecule has 0 spiro atoms. The van der Waals surface area contributed by atoms with Crippen molar-refractivity contribution in [2.45, 2.75) is 31.3 Å². The summed E-state index contributed by atoms with van der Waals surface area (Å²) in [6, 6.07) is 16.4. The van der Waals surface area contributed by atoms with Gasteiger partial charge in [-0.2, -0.15) is 0 Å². The minimum atomic E-state index is -4.27. The third-order valence-electron chi connectivity index (χ3n) is 5.77. The third-order valence-corrected chi connectivity index (χ3v) is 7.80. The number of sulfonamides is 1. The number of rotatable bonds is 11. The van der Waals surface area contributed by atoms with Crippen molar-refractivity contribution >= 4 is 39.1 Å². The second-order valence-electron chi connectivity index (χ2n) is 8.33. The normalized spacial score (nSPS) is 11.9. The van der Waals surface area contributed by atoms with E-state index in [9.17, 15) is 22.4 Å². The molecule has 0 bridgehead atoms. The maximum Gasteiger partial charge on any atom is 0.264 e. The van der Waals surface area contributed by atoms with Gasteiger partial charge in [0, 0.05) is 18.6 Å². The van der Waals surface area contributed by atoms with Gasteiger partial charge in [0.15, 0.2) is 0 Å². The van der Waals surface area contributed by atoms with Crippen molar-refractivity contribution in [2.24, 2.45) is 0 Å². The predicted octanol–water partition coefficient (Wildman–Crippen LogP) is 4.24. The van der Waals surface area contributed by atoms with Crippen molar-refractivity contribution in [1.82, 2.24) is 10.2 Å². The highest BCUT2D eigenvalue weighted by Gasteiger charge is 2.32. The van der Waals surface area contributed by atoms with Crippen LogP contribution in [0.5, 0.6) is 5.75 Å². The number of carbonyl (C=O) groups is 2. The number of ether oxygens (including phenoxy) is 1. The van der Waals surface area contributed by atoms with Crippen molar-refractivity contribution in [1.29, 1.82) is 0 Å². The highest BCUT2D eigenvalue weighted by molar-refractivity contribution is 7.92. The highest BCUT2D eigenvalue weighted by atomic mass is 35.5. The molecule has 1 unspecified atom stereocenters. The summed E-state index contributed by atoms with van der Waals surface area (Å²) in [4.78, 5) is 27.4. The Morgan fingerprint density at radius 3 is 2.29 bits per heavy atom. The average molecular weight is 562 g/mol. The molecule has 0 fully saturated rings. The number of hydrogen-bond acceptors (Lipinski definition) is 5. The van der Waals surface area contributed by atoms with E-state index in [-0.39, 0.29) is 17.1 Å². The number of benzene rings is 3. The first-order chi connectivity index (χ1) is 18.1. The molecule has 0 saturated carbocycles. The maximum atomic E-state index is 13.7. The Labute approximate surface area is 227 Å². The molecule has 0 saturated heterocycles. The third kappa shape index (κ3) is 7.02. The fourth-order valence-corrected chi connectivity index (χ4v) is 5.39. The van der Waals surface area contributed by atoms with Gasteiger partial charge in [0.05, 0.1) is 17.2 Å². The first-order valence-electron chi connectivity index (χ1n) is 11.8. The van der Waals surface area contributed by atoms with Crippen molar-refractivity contribution in [3.8, 4) is 5.75 Å². The number of anilines is 1. The van der Waals surface area contributed by atoms with Gasteiger partial charge in [-0.1, -0.05) is 23.7 Å². The Balaban J connectivity index is 2.01. The number of amides is 2. The van der Waals surface area contributed by atoms with Gasteiger partial charge in [-0.15, -0.1) is 0 Å². The molecule has 0 heterocycles. The number of carbonyl (C=O) groups excluding carboxylic acids is 2. The van der Waals surface area contributed by atoms with E-state index in [1.54, 1.807) is 31.2 Å². The molecular formula is C27H29ClFN3O5S. The molecule has 38 heavy (non-hydrogen) atoms. The van der Waals surface area contributed by atoms with Crippen molar-refractivity contribution < 1.29 is 27.1 Å². The summed E-state index contributed by atoms with van der Waals surface area (Å²) in [5.41, 5.74) is 0.744. The van der Waals surface area contributed by atoms with Crippen LogP contribution in [0, 0.1) is 5.82 Å². The zero-order valence-electron chi connectivity index (χ0n) is 21.2. The van der Waals surface area contributed by atoms with Crippen molar-refractivity contribution in [2.75, 3.05) is 24.5 Å². The Hall–Kier alpha value is -3.63. The van der Waals surface area contributed by atoms with Crippen LogP contribution in [0.25, 0.3) is 0 Å². The molecule has 11 heteroatoms. The minimum Gasteiger partial charge on any atom is -0.494 e. The molecule has 0 aliphatic heterocycles. The van der Waals surface area contributed by atoms with Crippen LogP contribution >= 0.6 is 11.6 Å². The van der Waals surface area contributed by atoms with Crippen molar-refractivity contribution in [3.05, 3.63) is 89.2 Å². The van der Waals surface area contributed by atoms with Crippen LogP contribution in [0.4, 0.5) is 10.1 Å². The number of nitrogens with zero attached hydrogens (tertiary/aromatic N) is 2. The summed E-state index contributed by atoms with van der Waals surface area (Å²) in [5.74, 6) is -1.14. The van der Waals surface area contributed by atoms with E-state index >= 15 is 0 Å². The lowest BCUT2D eigenvalue weighted by Gasteiger charge is -2.31. The summed E-state index contributed by atoms with van der Waals surface area (Å²) in [6.45, 7) is 3.14. The van der Waals surface area contributed by atoms with Crippen LogP contribution in [0.2, 0.25) is 5.02 Å². The molecule has 2 amide bonds. The lowest BCUT2D eigenvalue weighted by Crippen LogP contribution is -2.50. The Bertz CT molecular complexity index is 1370. The van der Waals surface area contributed by atoms with Gasteiger partial charge < -0.3 is 15.0 Å². The first-order valence-corrected chi connectivity index (χ1v) is 13.6. The second kappa shape index (κ2) is 12.7. The first kappa shape index (κ1) is 28.9. The molecule has 0 aliphatic rings. The summed E-state index contributed by atoms with van der Waals surface area (Å²) in [6.07, 6.45) is 0. The number of likely N-dealkylation sites (N-methyl/N-ethyl adjacent to an activating group) is 1. The second-order valence-corrected chi connectivity index (χ2v) is 10.6. The molecule has 202 valence electrons. The van der Waals surface area contributed by atoms with Gasteiger partial charge in [-0.25, -0.2) is 12.8 Å². The summed E-state index contributed by atoms with van der Waals surface area (Å²) in [5, 5.41) is 2.97.